The summed E-state index contributed by atoms with van der Waals surface area (Å²) in [6.45, 7) is 1.26. The molecule has 2 aliphatic heterocycles. The Hall–Kier alpha value is -2.52. The summed E-state index contributed by atoms with van der Waals surface area (Å²) in [6.07, 6.45) is 3.46. The maximum Gasteiger partial charge on any atom is 0.337 e. The maximum absolute atomic E-state index is 12.6. The number of methoxy groups -OCH3 is 1. The first kappa shape index (κ1) is 19.4. The van der Waals surface area contributed by atoms with Crippen LogP contribution in [0.2, 0.25) is 0 Å². The van der Waals surface area contributed by atoms with Gasteiger partial charge in [0.2, 0.25) is 5.95 Å². The standard InChI is InChI=1S/C21H24N4O4S/c1-29-19(27)13-3-4-14-10-25(11-15(14)9-13)20-22-16-5-8-30(28)17(16)18(23-20)24-21(12-26)6-2-7-21/h3-4,9,26H,2,5-8,10-12H2,1H3,(H,22,23,24). The number of aromatic nitrogens is 2. The molecule has 1 aromatic heterocycles. The van der Waals surface area contributed by atoms with Gasteiger partial charge in [0.15, 0.2) is 0 Å². The van der Waals surface area contributed by atoms with Crippen LogP contribution in [0.5, 0.6) is 0 Å². The highest BCUT2D eigenvalue weighted by Gasteiger charge is 2.39. The monoisotopic (exact) mass is 428 g/mol. The van der Waals surface area contributed by atoms with Crippen LogP contribution in [0.15, 0.2) is 23.1 Å². The van der Waals surface area contributed by atoms with E-state index in [0.717, 1.165) is 36.1 Å². The minimum Gasteiger partial charge on any atom is -0.465 e. The fraction of sp³-hybridized carbons (Fsp3) is 0.476. The molecule has 0 radical (unpaired) electrons. The van der Waals surface area contributed by atoms with Crippen molar-refractivity contribution >= 4 is 28.5 Å². The number of nitrogens with zero attached hydrogens (tertiary/aromatic N) is 3. The van der Waals surface area contributed by atoms with E-state index in [1.165, 1.54) is 7.11 Å². The number of aliphatic hydroxyl groups is 1. The number of carbonyl (C=O) groups is 1. The van der Waals surface area contributed by atoms with Crippen LogP contribution in [0.3, 0.4) is 0 Å². The topological polar surface area (TPSA) is 105 Å². The number of nitrogens with one attached hydrogen (secondary N) is 1. The highest BCUT2D eigenvalue weighted by Crippen LogP contribution is 2.39. The highest BCUT2D eigenvalue weighted by molar-refractivity contribution is 7.85. The molecule has 1 atom stereocenters. The average Bonchev–Trinajstić information content (AvgIpc) is 3.33. The van der Waals surface area contributed by atoms with Crippen LogP contribution in [0.1, 0.15) is 46.4 Å². The number of anilines is 2. The summed E-state index contributed by atoms with van der Waals surface area (Å²) in [5.41, 5.74) is 3.14. The molecule has 0 saturated heterocycles. The Kier molecular flexibility index (Phi) is 4.74. The molecule has 5 rings (SSSR count). The summed E-state index contributed by atoms with van der Waals surface area (Å²) in [4.78, 5) is 24.1. The SMILES string of the molecule is COC(=O)c1ccc2c(c1)CN(c1nc3c(c(NC4(CO)CCC4)n1)S(=O)CC3)C2. The molecule has 2 N–H and O–H groups in total. The van der Waals surface area contributed by atoms with E-state index < -0.39 is 10.8 Å². The Morgan fingerprint density at radius 2 is 2.10 bits per heavy atom. The van der Waals surface area contributed by atoms with Crippen LogP contribution < -0.4 is 10.2 Å². The lowest BCUT2D eigenvalue weighted by Gasteiger charge is -2.41. The molecule has 30 heavy (non-hydrogen) atoms. The van der Waals surface area contributed by atoms with Gasteiger partial charge in [-0.15, -0.1) is 0 Å². The zero-order valence-corrected chi connectivity index (χ0v) is 17.6. The fourth-order valence-electron chi connectivity index (χ4n) is 4.37. The zero-order chi connectivity index (χ0) is 20.9. The van der Waals surface area contributed by atoms with E-state index in [1.54, 1.807) is 6.07 Å². The van der Waals surface area contributed by atoms with E-state index in [2.05, 4.69) is 10.2 Å². The van der Waals surface area contributed by atoms with Crippen molar-refractivity contribution in [1.29, 1.82) is 0 Å². The molecule has 0 amide bonds. The Morgan fingerprint density at radius 1 is 1.30 bits per heavy atom. The summed E-state index contributed by atoms with van der Waals surface area (Å²) in [5.74, 6) is 1.37. The molecule has 1 aliphatic carbocycles. The van der Waals surface area contributed by atoms with Gasteiger partial charge in [0.1, 0.15) is 10.7 Å². The Labute approximate surface area is 177 Å². The van der Waals surface area contributed by atoms with Gasteiger partial charge >= 0.3 is 5.97 Å². The normalized spacial score (nSPS) is 21.0. The van der Waals surface area contributed by atoms with E-state index in [0.29, 0.717) is 47.5 Å². The van der Waals surface area contributed by atoms with Crippen molar-refractivity contribution in [2.45, 2.75) is 49.2 Å². The molecular formula is C21H24N4O4S. The lowest BCUT2D eigenvalue weighted by molar-refractivity contribution is 0.0600. The third-order valence-corrected chi connectivity index (χ3v) is 7.76. The molecule has 1 fully saturated rings. The number of ether oxygens (including phenoxy) is 1. The van der Waals surface area contributed by atoms with Crippen molar-refractivity contribution in [2.75, 3.05) is 29.7 Å². The number of aryl methyl sites for hydroxylation is 1. The van der Waals surface area contributed by atoms with E-state index in [4.69, 9.17) is 14.7 Å². The van der Waals surface area contributed by atoms with Crippen LogP contribution in [0.4, 0.5) is 11.8 Å². The fourth-order valence-corrected chi connectivity index (χ4v) is 5.67. The lowest BCUT2D eigenvalue weighted by Crippen LogP contribution is -2.48. The minimum absolute atomic E-state index is 0.0270. The van der Waals surface area contributed by atoms with Gasteiger partial charge in [-0.1, -0.05) is 6.07 Å². The van der Waals surface area contributed by atoms with Crippen LogP contribution in [0, 0.1) is 0 Å². The predicted octanol–water partition coefficient (Wildman–Crippen LogP) is 1.77. The second kappa shape index (κ2) is 7.31. The van der Waals surface area contributed by atoms with Gasteiger partial charge in [0, 0.05) is 25.3 Å². The summed E-state index contributed by atoms with van der Waals surface area (Å²) in [7, 11) is 0.253. The molecule has 1 aromatic carbocycles. The Morgan fingerprint density at radius 3 is 2.80 bits per heavy atom. The molecule has 3 heterocycles. The second-order valence-electron chi connectivity index (χ2n) is 8.20. The van der Waals surface area contributed by atoms with Gasteiger partial charge in [-0.05, 0) is 42.5 Å². The highest BCUT2D eigenvalue weighted by atomic mass is 32.2. The molecule has 3 aliphatic rings. The van der Waals surface area contributed by atoms with Gasteiger partial charge in [0.05, 0.1) is 41.3 Å². The van der Waals surface area contributed by atoms with Crippen LogP contribution >= 0.6 is 0 Å². The second-order valence-corrected chi connectivity index (χ2v) is 9.70. The van der Waals surface area contributed by atoms with Crippen molar-refractivity contribution in [2.24, 2.45) is 0 Å². The van der Waals surface area contributed by atoms with Crippen molar-refractivity contribution in [3.63, 3.8) is 0 Å². The Bertz CT molecular complexity index is 1050. The molecule has 0 spiro atoms. The van der Waals surface area contributed by atoms with Crippen molar-refractivity contribution in [3.05, 3.63) is 40.6 Å². The largest absolute Gasteiger partial charge is 0.465 e. The quantitative estimate of drug-likeness (QED) is 0.695. The number of aliphatic hydroxyl groups excluding tert-OH is 1. The van der Waals surface area contributed by atoms with Crippen molar-refractivity contribution in [1.82, 2.24) is 9.97 Å². The predicted molar refractivity (Wildman–Crippen MR) is 112 cm³/mol. The minimum atomic E-state index is -1.12. The first-order chi connectivity index (χ1) is 14.5. The lowest BCUT2D eigenvalue weighted by atomic mass is 9.77. The summed E-state index contributed by atoms with van der Waals surface area (Å²) < 4.78 is 17.4. The number of hydrogen-bond donors (Lipinski definition) is 2. The molecule has 8 nitrogen and oxygen atoms in total. The maximum atomic E-state index is 12.6. The molecule has 1 unspecified atom stereocenters. The van der Waals surface area contributed by atoms with E-state index >= 15 is 0 Å². The van der Waals surface area contributed by atoms with Gasteiger partial charge in [-0.2, -0.15) is 4.98 Å². The van der Waals surface area contributed by atoms with Crippen LogP contribution in [-0.2, 0) is 35.0 Å². The number of rotatable bonds is 5. The first-order valence-electron chi connectivity index (χ1n) is 10.2. The Balaban J connectivity index is 1.47. The molecule has 158 valence electrons. The molecule has 1 saturated carbocycles. The van der Waals surface area contributed by atoms with Gasteiger partial charge in [0.25, 0.3) is 0 Å². The first-order valence-corrected chi connectivity index (χ1v) is 11.5. The summed E-state index contributed by atoms with van der Waals surface area (Å²) in [6, 6.07) is 5.58. The van der Waals surface area contributed by atoms with Crippen molar-refractivity contribution in [3.8, 4) is 0 Å². The summed E-state index contributed by atoms with van der Waals surface area (Å²) >= 11 is 0. The molecule has 0 bridgehead atoms. The third kappa shape index (κ3) is 3.16. The smallest absolute Gasteiger partial charge is 0.337 e. The average molecular weight is 429 g/mol. The zero-order valence-electron chi connectivity index (χ0n) is 16.8. The van der Waals surface area contributed by atoms with Crippen LogP contribution in [-0.4, -0.2) is 50.3 Å². The van der Waals surface area contributed by atoms with Gasteiger partial charge in [-0.25, -0.2) is 9.78 Å². The van der Waals surface area contributed by atoms with Crippen molar-refractivity contribution < 1.29 is 18.8 Å². The molecule has 9 heteroatoms. The van der Waals surface area contributed by atoms with Gasteiger partial charge in [-0.3, -0.25) is 4.21 Å². The number of fused-ring (bicyclic) bond motifs is 2. The number of hydrogen-bond acceptors (Lipinski definition) is 8. The number of esters is 1. The van der Waals surface area contributed by atoms with Crippen LogP contribution in [0.25, 0.3) is 0 Å². The third-order valence-electron chi connectivity index (χ3n) is 6.31. The number of carbonyl (C=O) groups excluding carboxylic acids is 1. The van der Waals surface area contributed by atoms with E-state index in [-0.39, 0.29) is 18.1 Å². The van der Waals surface area contributed by atoms with E-state index in [1.807, 2.05) is 12.1 Å². The molecule has 2 aromatic rings. The summed E-state index contributed by atoms with van der Waals surface area (Å²) in [5, 5.41) is 13.3. The molecular weight excluding hydrogens is 404 g/mol. The van der Waals surface area contributed by atoms with E-state index in [9.17, 15) is 14.1 Å². The van der Waals surface area contributed by atoms with Gasteiger partial charge < -0.3 is 20.1 Å². The number of benzene rings is 1.